The van der Waals surface area contributed by atoms with E-state index in [1.807, 2.05) is 26.0 Å². The van der Waals surface area contributed by atoms with Gasteiger partial charge < -0.3 is 10.1 Å². The Morgan fingerprint density at radius 3 is 2.83 bits per heavy atom. The highest BCUT2D eigenvalue weighted by molar-refractivity contribution is 5.43. The molecule has 1 N–H and O–H groups in total. The molecule has 1 unspecified atom stereocenters. The van der Waals surface area contributed by atoms with Gasteiger partial charge in [-0.3, -0.25) is 0 Å². The minimum absolute atomic E-state index is 0.179. The van der Waals surface area contributed by atoms with Crippen LogP contribution in [0.5, 0.6) is 5.75 Å². The van der Waals surface area contributed by atoms with Crippen LogP contribution in [0, 0.1) is 12.7 Å². The van der Waals surface area contributed by atoms with Crippen LogP contribution in [0.2, 0.25) is 0 Å². The molecule has 0 aromatic heterocycles. The van der Waals surface area contributed by atoms with Crippen LogP contribution in [0.15, 0.2) is 12.1 Å². The lowest BCUT2D eigenvalue weighted by Gasteiger charge is -2.38. The molecule has 0 amide bonds. The Hall–Kier alpha value is -1.09. The number of rotatable bonds is 3. The maximum atomic E-state index is 14.2. The van der Waals surface area contributed by atoms with Crippen molar-refractivity contribution in [2.45, 2.75) is 52.2 Å². The van der Waals surface area contributed by atoms with E-state index in [0.29, 0.717) is 11.3 Å². The average molecular weight is 251 g/mol. The maximum absolute atomic E-state index is 14.2. The number of hydrogen-bond donors (Lipinski definition) is 1. The summed E-state index contributed by atoms with van der Waals surface area (Å²) in [6, 6.07) is 3.99. The summed E-state index contributed by atoms with van der Waals surface area (Å²) in [7, 11) is 0. The van der Waals surface area contributed by atoms with Crippen LogP contribution in [0.25, 0.3) is 0 Å². The normalized spacial score (nSPS) is 21.3. The van der Waals surface area contributed by atoms with Crippen LogP contribution in [0.3, 0.4) is 0 Å². The van der Waals surface area contributed by atoms with Gasteiger partial charge in [0, 0.05) is 18.0 Å². The maximum Gasteiger partial charge on any atom is 0.168 e. The van der Waals surface area contributed by atoms with Crippen molar-refractivity contribution >= 4 is 0 Å². The predicted octanol–water partition coefficient (Wildman–Crippen LogP) is 3.74. The zero-order chi connectivity index (χ0) is 13.3. The van der Waals surface area contributed by atoms with E-state index in [9.17, 15) is 4.39 Å². The first-order valence-electron chi connectivity index (χ1n) is 6.66. The molecule has 1 aromatic carbocycles. The quantitative estimate of drug-likeness (QED) is 0.883. The fraction of sp³-hybridized carbons (Fsp3) is 0.600. The molecule has 1 atom stereocenters. The van der Waals surface area contributed by atoms with E-state index in [1.54, 1.807) is 6.92 Å². The lowest BCUT2D eigenvalue weighted by atomic mass is 9.89. The van der Waals surface area contributed by atoms with Crippen molar-refractivity contribution < 1.29 is 9.13 Å². The molecule has 18 heavy (non-hydrogen) atoms. The van der Waals surface area contributed by atoms with Gasteiger partial charge in [0.1, 0.15) is 5.60 Å². The molecule has 0 bridgehead atoms. The first kappa shape index (κ1) is 13.3. The second-order valence-electron chi connectivity index (χ2n) is 5.69. The summed E-state index contributed by atoms with van der Waals surface area (Å²) in [4.78, 5) is 0. The fourth-order valence-electron chi connectivity index (χ4n) is 2.47. The molecule has 0 saturated heterocycles. The van der Waals surface area contributed by atoms with E-state index in [1.165, 1.54) is 0 Å². The van der Waals surface area contributed by atoms with Crippen LogP contribution < -0.4 is 10.1 Å². The highest BCUT2D eigenvalue weighted by Gasteiger charge is 2.35. The van der Waals surface area contributed by atoms with E-state index in [0.717, 1.165) is 24.9 Å². The summed E-state index contributed by atoms with van der Waals surface area (Å²) < 4.78 is 20.0. The van der Waals surface area contributed by atoms with Crippen molar-refractivity contribution in [1.29, 1.82) is 0 Å². The van der Waals surface area contributed by atoms with Crippen LogP contribution in [0.4, 0.5) is 4.39 Å². The number of nitrogens with one attached hydrogen (secondary N) is 1. The van der Waals surface area contributed by atoms with Crippen molar-refractivity contribution in [3.8, 4) is 5.75 Å². The Balaban J connectivity index is 2.40. The number of ether oxygens (including phenoxy) is 1. The monoisotopic (exact) mass is 251 g/mol. The molecule has 100 valence electrons. The zero-order valence-electron chi connectivity index (χ0n) is 11.6. The molecule has 3 heteroatoms. The molecular weight excluding hydrogens is 229 g/mol. The predicted molar refractivity (Wildman–Crippen MR) is 71.5 cm³/mol. The van der Waals surface area contributed by atoms with Crippen molar-refractivity contribution in [2.24, 2.45) is 0 Å². The van der Waals surface area contributed by atoms with Crippen LogP contribution >= 0.6 is 0 Å². The van der Waals surface area contributed by atoms with E-state index in [2.05, 4.69) is 12.2 Å². The summed E-state index contributed by atoms with van der Waals surface area (Å²) in [5.41, 5.74) is 1.26. The molecule has 2 rings (SSSR count). The second-order valence-corrected chi connectivity index (χ2v) is 5.69. The van der Waals surface area contributed by atoms with Gasteiger partial charge in [0.15, 0.2) is 11.6 Å². The third-order valence-electron chi connectivity index (χ3n) is 3.41. The van der Waals surface area contributed by atoms with E-state index in [4.69, 9.17) is 4.74 Å². The molecular formula is C15H22FNO. The van der Waals surface area contributed by atoms with E-state index >= 15 is 0 Å². The summed E-state index contributed by atoms with van der Waals surface area (Å²) in [5, 5.41) is 3.48. The number of halogens is 1. The third-order valence-corrected chi connectivity index (χ3v) is 3.41. The minimum Gasteiger partial charge on any atom is -0.484 e. The average Bonchev–Trinajstić information content (AvgIpc) is 2.30. The number of aryl methyl sites for hydroxylation is 1. The first-order valence-corrected chi connectivity index (χ1v) is 6.66. The molecule has 1 aliphatic rings. The SMILES string of the molecule is CCCNC1CC(C)(C)Oc2c1ccc(C)c2F. The molecule has 0 fully saturated rings. The van der Waals surface area contributed by atoms with Gasteiger partial charge in [-0.2, -0.15) is 0 Å². The van der Waals surface area contributed by atoms with Gasteiger partial charge in [0.25, 0.3) is 0 Å². The number of benzene rings is 1. The highest BCUT2D eigenvalue weighted by Crippen LogP contribution is 2.41. The van der Waals surface area contributed by atoms with Gasteiger partial charge in [-0.05, 0) is 39.3 Å². The van der Waals surface area contributed by atoms with Crippen molar-refractivity contribution in [3.05, 3.63) is 29.1 Å². The molecule has 1 heterocycles. The van der Waals surface area contributed by atoms with Gasteiger partial charge in [0.2, 0.25) is 0 Å². The van der Waals surface area contributed by atoms with Crippen molar-refractivity contribution in [3.63, 3.8) is 0 Å². The topological polar surface area (TPSA) is 21.3 Å². The minimum atomic E-state index is -0.326. The molecule has 0 spiro atoms. The summed E-state index contributed by atoms with van der Waals surface area (Å²) in [6.07, 6.45) is 1.93. The summed E-state index contributed by atoms with van der Waals surface area (Å²) in [5.74, 6) is 0.212. The van der Waals surface area contributed by atoms with Crippen molar-refractivity contribution in [1.82, 2.24) is 5.32 Å². The Kier molecular flexibility index (Phi) is 3.62. The Morgan fingerprint density at radius 2 is 2.17 bits per heavy atom. The second kappa shape index (κ2) is 4.88. The van der Waals surface area contributed by atoms with Gasteiger partial charge in [-0.25, -0.2) is 4.39 Å². The summed E-state index contributed by atoms with van der Waals surface area (Å²) in [6.45, 7) is 8.87. The van der Waals surface area contributed by atoms with Crippen molar-refractivity contribution in [2.75, 3.05) is 6.54 Å². The molecule has 0 aliphatic carbocycles. The largest absolute Gasteiger partial charge is 0.484 e. The van der Waals surface area contributed by atoms with E-state index in [-0.39, 0.29) is 17.5 Å². The molecule has 0 radical (unpaired) electrons. The zero-order valence-corrected chi connectivity index (χ0v) is 11.6. The smallest absolute Gasteiger partial charge is 0.168 e. The Morgan fingerprint density at radius 1 is 1.44 bits per heavy atom. The first-order chi connectivity index (χ1) is 8.44. The number of fused-ring (bicyclic) bond motifs is 1. The molecule has 1 aromatic rings. The Labute approximate surface area is 109 Å². The van der Waals surface area contributed by atoms with Crippen LogP contribution in [-0.2, 0) is 0 Å². The summed E-state index contributed by atoms with van der Waals surface area (Å²) >= 11 is 0. The highest BCUT2D eigenvalue weighted by atomic mass is 19.1. The van der Waals surface area contributed by atoms with Gasteiger partial charge in [0.05, 0.1) is 0 Å². The third kappa shape index (κ3) is 2.51. The van der Waals surface area contributed by atoms with Gasteiger partial charge in [-0.15, -0.1) is 0 Å². The number of hydrogen-bond acceptors (Lipinski definition) is 2. The van der Waals surface area contributed by atoms with Gasteiger partial charge in [-0.1, -0.05) is 19.1 Å². The molecule has 1 aliphatic heterocycles. The molecule has 0 saturated carbocycles. The van der Waals surface area contributed by atoms with E-state index < -0.39 is 0 Å². The molecule has 2 nitrogen and oxygen atoms in total. The fourth-order valence-corrected chi connectivity index (χ4v) is 2.47. The van der Waals surface area contributed by atoms with Crippen LogP contribution in [-0.4, -0.2) is 12.1 Å². The Bertz CT molecular complexity index is 442. The standard InChI is InChI=1S/C15H22FNO/c1-5-8-17-12-9-15(3,4)18-14-11(12)7-6-10(2)13(14)16/h6-7,12,17H,5,8-9H2,1-4H3. The lowest BCUT2D eigenvalue weighted by Crippen LogP contribution is -2.40. The van der Waals surface area contributed by atoms with Crippen LogP contribution in [0.1, 0.15) is 50.8 Å². The van der Waals surface area contributed by atoms with Gasteiger partial charge >= 0.3 is 0 Å². The lowest BCUT2D eigenvalue weighted by molar-refractivity contribution is 0.0607.